The number of likely N-dealkylation sites (N-methyl/N-ethyl adjacent to an activating group) is 1. The molecule has 1 aromatic rings. The minimum Gasteiger partial charge on any atom is -0.466 e. The van der Waals surface area contributed by atoms with Gasteiger partial charge in [0.1, 0.15) is 0 Å². The van der Waals surface area contributed by atoms with E-state index in [0.717, 1.165) is 17.5 Å². The van der Waals surface area contributed by atoms with Crippen LogP contribution in [0.3, 0.4) is 0 Å². The fraction of sp³-hybridized carbons (Fsp3) is 0.500. The van der Waals surface area contributed by atoms with E-state index >= 15 is 0 Å². The van der Waals surface area contributed by atoms with Crippen LogP contribution in [0.5, 0.6) is 0 Å². The van der Waals surface area contributed by atoms with Crippen molar-refractivity contribution >= 4 is 11.9 Å². The number of hydrogen-bond acceptors (Lipinski definition) is 4. The summed E-state index contributed by atoms with van der Waals surface area (Å²) in [5.74, 6) is -0.409. The van der Waals surface area contributed by atoms with Gasteiger partial charge in [0, 0.05) is 13.6 Å². The van der Waals surface area contributed by atoms with Gasteiger partial charge >= 0.3 is 5.97 Å². The summed E-state index contributed by atoms with van der Waals surface area (Å²) in [4.78, 5) is 25.4. The summed E-state index contributed by atoms with van der Waals surface area (Å²) in [6.45, 7) is 2.99. The summed E-state index contributed by atoms with van der Waals surface area (Å²) in [6.07, 6.45) is 0.457. The van der Waals surface area contributed by atoms with Crippen LogP contribution in [0.2, 0.25) is 0 Å². The summed E-state index contributed by atoms with van der Waals surface area (Å²) in [6, 6.07) is 7.83. The fourth-order valence-electron chi connectivity index (χ4n) is 2.40. The largest absolute Gasteiger partial charge is 0.466 e. The second-order valence-corrected chi connectivity index (χ2v) is 5.01. The van der Waals surface area contributed by atoms with E-state index in [2.05, 4.69) is 0 Å². The molecule has 0 fully saturated rings. The summed E-state index contributed by atoms with van der Waals surface area (Å²) in [5.41, 5.74) is 2.08. The van der Waals surface area contributed by atoms with Crippen LogP contribution in [-0.2, 0) is 25.5 Å². The molecule has 114 valence electrons. The Kier molecular flexibility index (Phi) is 5.33. The Morgan fingerprint density at radius 3 is 2.90 bits per heavy atom. The monoisotopic (exact) mass is 291 g/mol. The van der Waals surface area contributed by atoms with Crippen molar-refractivity contribution in [3.8, 4) is 0 Å². The van der Waals surface area contributed by atoms with E-state index in [1.54, 1.807) is 14.0 Å². The first kappa shape index (κ1) is 15.5. The second-order valence-electron chi connectivity index (χ2n) is 5.01. The Balaban J connectivity index is 1.99. The highest BCUT2D eigenvalue weighted by Crippen LogP contribution is 2.28. The Bertz CT molecular complexity index is 515. The third-order valence-electron chi connectivity index (χ3n) is 3.55. The lowest BCUT2D eigenvalue weighted by Gasteiger charge is -2.28. The van der Waals surface area contributed by atoms with Gasteiger partial charge in [0.2, 0.25) is 0 Å². The van der Waals surface area contributed by atoms with Crippen LogP contribution in [0, 0.1) is 0 Å². The molecule has 1 aromatic carbocycles. The highest BCUT2D eigenvalue weighted by Gasteiger charge is 2.29. The molecule has 0 saturated heterocycles. The van der Waals surface area contributed by atoms with Gasteiger partial charge in [0.05, 0.1) is 19.6 Å². The molecule has 1 amide bonds. The van der Waals surface area contributed by atoms with Crippen molar-refractivity contribution in [3.05, 3.63) is 35.4 Å². The normalized spacial score (nSPS) is 17.0. The zero-order valence-electron chi connectivity index (χ0n) is 12.5. The molecule has 0 aromatic heterocycles. The van der Waals surface area contributed by atoms with Crippen LogP contribution in [-0.4, -0.2) is 43.6 Å². The van der Waals surface area contributed by atoms with E-state index < -0.39 is 6.10 Å². The minimum atomic E-state index is -0.567. The number of ether oxygens (including phenoxy) is 2. The molecule has 2 rings (SSSR count). The van der Waals surface area contributed by atoms with Gasteiger partial charge < -0.3 is 14.4 Å². The van der Waals surface area contributed by atoms with Crippen molar-refractivity contribution in [1.82, 2.24) is 4.90 Å². The first-order valence-corrected chi connectivity index (χ1v) is 7.23. The smallest absolute Gasteiger partial charge is 0.307 e. The van der Waals surface area contributed by atoms with Crippen LogP contribution in [0.1, 0.15) is 30.6 Å². The maximum absolute atomic E-state index is 12.5. The molecule has 5 heteroatoms. The van der Waals surface area contributed by atoms with Crippen molar-refractivity contribution in [3.63, 3.8) is 0 Å². The average molecular weight is 291 g/mol. The van der Waals surface area contributed by atoms with Crippen LogP contribution in [0.15, 0.2) is 24.3 Å². The van der Waals surface area contributed by atoms with Crippen molar-refractivity contribution in [2.75, 3.05) is 26.8 Å². The molecular weight excluding hydrogens is 270 g/mol. The second kappa shape index (κ2) is 7.22. The van der Waals surface area contributed by atoms with Gasteiger partial charge in [-0.1, -0.05) is 24.3 Å². The SMILES string of the molecule is CCOC(=O)CCN(C)C(=O)C1OCCc2ccccc21. The summed E-state index contributed by atoms with van der Waals surface area (Å²) < 4.78 is 10.5. The van der Waals surface area contributed by atoms with Gasteiger partial charge in [-0.25, -0.2) is 0 Å². The first-order valence-electron chi connectivity index (χ1n) is 7.23. The standard InChI is InChI=1S/C16H21NO4/c1-3-20-14(18)8-10-17(2)16(19)15-13-7-5-4-6-12(13)9-11-21-15/h4-7,15H,3,8-11H2,1-2H3. The molecule has 0 saturated carbocycles. The van der Waals surface area contributed by atoms with Gasteiger partial charge in [-0.3, -0.25) is 9.59 Å². The van der Waals surface area contributed by atoms with Gasteiger partial charge in [-0.15, -0.1) is 0 Å². The number of fused-ring (bicyclic) bond motifs is 1. The number of carbonyl (C=O) groups is 2. The molecule has 1 unspecified atom stereocenters. The fourth-order valence-corrected chi connectivity index (χ4v) is 2.40. The van der Waals surface area contributed by atoms with Crippen LogP contribution >= 0.6 is 0 Å². The van der Waals surface area contributed by atoms with Gasteiger partial charge in [-0.05, 0) is 24.5 Å². The molecule has 0 bridgehead atoms. The van der Waals surface area contributed by atoms with E-state index in [1.165, 1.54) is 4.90 Å². The summed E-state index contributed by atoms with van der Waals surface area (Å²) in [5, 5.41) is 0. The minimum absolute atomic E-state index is 0.119. The van der Waals surface area contributed by atoms with E-state index in [1.807, 2.05) is 24.3 Å². The number of rotatable bonds is 5. The molecule has 1 atom stereocenters. The Labute approximate surface area is 124 Å². The van der Waals surface area contributed by atoms with Crippen molar-refractivity contribution in [2.45, 2.75) is 25.9 Å². The molecule has 0 radical (unpaired) electrons. The van der Waals surface area contributed by atoms with E-state index in [9.17, 15) is 9.59 Å². The number of benzene rings is 1. The zero-order chi connectivity index (χ0) is 15.2. The Morgan fingerprint density at radius 1 is 1.38 bits per heavy atom. The summed E-state index contributed by atoms with van der Waals surface area (Å²) in [7, 11) is 1.68. The highest BCUT2D eigenvalue weighted by atomic mass is 16.5. The lowest BCUT2D eigenvalue weighted by Crippen LogP contribution is -2.36. The first-order chi connectivity index (χ1) is 10.1. The molecule has 21 heavy (non-hydrogen) atoms. The zero-order valence-corrected chi connectivity index (χ0v) is 12.5. The quantitative estimate of drug-likeness (QED) is 0.775. The third-order valence-corrected chi connectivity index (χ3v) is 3.55. The third kappa shape index (κ3) is 3.82. The lowest BCUT2D eigenvalue weighted by atomic mass is 9.97. The molecule has 0 aliphatic carbocycles. The summed E-state index contributed by atoms with van der Waals surface area (Å²) >= 11 is 0. The van der Waals surface area contributed by atoms with Crippen LogP contribution in [0.4, 0.5) is 0 Å². The number of nitrogens with zero attached hydrogens (tertiary/aromatic N) is 1. The van der Waals surface area contributed by atoms with Gasteiger partial charge in [-0.2, -0.15) is 0 Å². The molecule has 0 spiro atoms. The molecule has 1 aliphatic rings. The van der Waals surface area contributed by atoms with Gasteiger partial charge in [0.25, 0.3) is 5.91 Å². The molecule has 5 nitrogen and oxygen atoms in total. The Morgan fingerprint density at radius 2 is 2.14 bits per heavy atom. The highest BCUT2D eigenvalue weighted by molar-refractivity contribution is 5.83. The topological polar surface area (TPSA) is 55.8 Å². The molecule has 0 N–H and O–H groups in total. The van der Waals surface area contributed by atoms with Gasteiger partial charge in [0.15, 0.2) is 6.10 Å². The average Bonchev–Trinajstić information content (AvgIpc) is 2.51. The van der Waals surface area contributed by atoms with Crippen molar-refractivity contribution in [2.24, 2.45) is 0 Å². The molecular formula is C16H21NO4. The molecule has 1 aliphatic heterocycles. The van der Waals surface area contributed by atoms with E-state index in [-0.39, 0.29) is 18.3 Å². The lowest BCUT2D eigenvalue weighted by molar-refractivity contribution is -0.146. The van der Waals surface area contributed by atoms with E-state index in [4.69, 9.17) is 9.47 Å². The maximum Gasteiger partial charge on any atom is 0.307 e. The predicted octanol–water partition coefficient (Wildman–Crippen LogP) is 1.71. The number of carbonyl (C=O) groups excluding carboxylic acids is 2. The van der Waals surface area contributed by atoms with Crippen LogP contribution in [0.25, 0.3) is 0 Å². The maximum atomic E-state index is 12.5. The number of amides is 1. The van der Waals surface area contributed by atoms with Crippen molar-refractivity contribution < 1.29 is 19.1 Å². The van der Waals surface area contributed by atoms with Crippen LogP contribution < -0.4 is 0 Å². The number of hydrogen-bond donors (Lipinski definition) is 0. The van der Waals surface area contributed by atoms with Crippen molar-refractivity contribution in [1.29, 1.82) is 0 Å². The van der Waals surface area contributed by atoms with E-state index in [0.29, 0.717) is 19.8 Å². The predicted molar refractivity (Wildman–Crippen MR) is 77.7 cm³/mol. The Hall–Kier alpha value is -1.88. The molecule has 1 heterocycles. The number of esters is 1.